The first-order valence-electron chi connectivity index (χ1n) is 13.0. The zero-order valence-electron chi connectivity index (χ0n) is 20.4. The van der Waals surface area contributed by atoms with Crippen LogP contribution in [0.15, 0.2) is 42.0 Å². The van der Waals surface area contributed by atoms with Gasteiger partial charge in [0.25, 0.3) is 0 Å². The van der Waals surface area contributed by atoms with Crippen LogP contribution in [0.4, 0.5) is 0 Å². The van der Waals surface area contributed by atoms with E-state index in [-0.39, 0.29) is 11.6 Å². The minimum atomic E-state index is -1.05. The summed E-state index contributed by atoms with van der Waals surface area (Å²) < 4.78 is 4.98. The van der Waals surface area contributed by atoms with Gasteiger partial charge in [-0.1, -0.05) is 114 Å². The van der Waals surface area contributed by atoms with E-state index in [9.17, 15) is 14.7 Å². The van der Waals surface area contributed by atoms with Crippen molar-refractivity contribution in [2.75, 3.05) is 6.61 Å². The van der Waals surface area contributed by atoms with E-state index in [1.54, 1.807) is 6.08 Å². The molecule has 1 aliphatic rings. The Hall–Kier alpha value is -1.98. The Morgan fingerprint density at radius 3 is 2.03 bits per heavy atom. The second kappa shape index (κ2) is 16.6. The number of hydrogen-bond acceptors (Lipinski definition) is 5. The van der Waals surface area contributed by atoms with Gasteiger partial charge in [-0.25, -0.2) is 4.79 Å². The summed E-state index contributed by atoms with van der Waals surface area (Å²) in [5.41, 5.74) is 1.22. The lowest BCUT2D eigenvalue weighted by molar-refractivity contribution is -0.142. The van der Waals surface area contributed by atoms with Crippen LogP contribution in [0.25, 0.3) is 0 Å². The molecular weight excluding hydrogens is 414 g/mol. The minimum absolute atomic E-state index is 0.0681. The normalized spacial score (nSPS) is 18.1. The second-order valence-corrected chi connectivity index (χ2v) is 9.17. The maximum atomic E-state index is 12.3. The van der Waals surface area contributed by atoms with E-state index < -0.39 is 24.5 Å². The summed E-state index contributed by atoms with van der Waals surface area (Å²) in [5, 5.41) is 12.7. The van der Waals surface area contributed by atoms with Gasteiger partial charge in [0, 0.05) is 12.6 Å². The Balaban J connectivity index is 1.72. The van der Waals surface area contributed by atoms with E-state index >= 15 is 0 Å². The van der Waals surface area contributed by atoms with E-state index in [0.29, 0.717) is 6.54 Å². The van der Waals surface area contributed by atoms with Gasteiger partial charge >= 0.3 is 5.97 Å². The highest BCUT2D eigenvalue weighted by atomic mass is 16.6. The molecular formula is C28H43NO4. The third-order valence-corrected chi connectivity index (χ3v) is 6.34. The lowest BCUT2D eigenvalue weighted by Gasteiger charge is -2.16. The highest BCUT2D eigenvalue weighted by Gasteiger charge is 2.38. The van der Waals surface area contributed by atoms with Gasteiger partial charge in [-0.2, -0.15) is 0 Å². The molecule has 0 spiro atoms. The first-order valence-corrected chi connectivity index (χ1v) is 13.0. The standard InChI is InChI=1S/C28H43NO4/c1-2-3-4-5-6-7-8-9-10-11-12-16-19-24(29-21-23-17-14-13-15-18-23)20-25-27(31)26(22-30)33-28(25)32/h13-15,17-18,20,24,26,29-30H,2-12,16,19,21-22H2,1H3/b25-20+. The molecule has 5 nitrogen and oxygen atoms in total. The Morgan fingerprint density at radius 2 is 1.48 bits per heavy atom. The van der Waals surface area contributed by atoms with Crippen molar-refractivity contribution in [3.8, 4) is 0 Å². The molecule has 2 atom stereocenters. The largest absolute Gasteiger partial charge is 0.448 e. The lowest BCUT2D eigenvalue weighted by Crippen LogP contribution is -2.28. The van der Waals surface area contributed by atoms with Gasteiger partial charge < -0.3 is 15.2 Å². The maximum Gasteiger partial charge on any atom is 0.342 e. The molecule has 1 fully saturated rings. The van der Waals surface area contributed by atoms with Gasteiger partial charge in [0.15, 0.2) is 6.10 Å². The Bertz CT molecular complexity index is 716. The zero-order chi connectivity index (χ0) is 23.7. The van der Waals surface area contributed by atoms with Crippen LogP contribution in [0.3, 0.4) is 0 Å². The lowest BCUT2D eigenvalue weighted by atomic mass is 10.0. The predicted molar refractivity (Wildman–Crippen MR) is 133 cm³/mol. The maximum absolute atomic E-state index is 12.3. The Morgan fingerprint density at radius 1 is 0.909 bits per heavy atom. The van der Waals surface area contributed by atoms with Gasteiger partial charge in [-0.15, -0.1) is 0 Å². The smallest absolute Gasteiger partial charge is 0.342 e. The monoisotopic (exact) mass is 457 g/mol. The molecule has 184 valence electrons. The van der Waals surface area contributed by atoms with Crippen molar-refractivity contribution in [1.82, 2.24) is 5.32 Å². The van der Waals surface area contributed by atoms with Crippen molar-refractivity contribution < 1.29 is 19.4 Å². The quantitative estimate of drug-likeness (QED) is 0.129. The number of rotatable bonds is 18. The van der Waals surface area contributed by atoms with Crippen LogP contribution in [-0.2, 0) is 20.9 Å². The number of aliphatic hydroxyl groups excluding tert-OH is 1. The molecule has 5 heteroatoms. The number of Topliss-reactive ketones (excluding diaryl/α,β-unsaturated/α-hetero) is 1. The van der Waals surface area contributed by atoms with Crippen LogP contribution < -0.4 is 5.32 Å². The van der Waals surface area contributed by atoms with E-state index in [1.165, 1.54) is 64.2 Å². The van der Waals surface area contributed by atoms with Crippen LogP contribution in [0.5, 0.6) is 0 Å². The Kier molecular flexibility index (Phi) is 13.7. The van der Waals surface area contributed by atoms with Gasteiger partial charge in [0.1, 0.15) is 5.57 Å². The number of ether oxygens (including phenoxy) is 1. The van der Waals surface area contributed by atoms with E-state index in [2.05, 4.69) is 24.4 Å². The molecule has 1 saturated heterocycles. The molecule has 0 bridgehead atoms. The summed E-state index contributed by atoms with van der Waals surface area (Å²) in [6.45, 7) is 2.45. The highest BCUT2D eigenvalue weighted by Crippen LogP contribution is 2.19. The molecule has 2 N–H and O–H groups in total. The summed E-state index contributed by atoms with van der Waals surface area (Å²) in [6.07, 6.45) is 17.1. The fourth-order valence-electron chi connectivity index (χ4n) is 4.29. The van der Waals surface area contributed by atoms with Crippen molar-refractivity contribution >= 4 is 11.8 Å². The number of carbonyl (C=O) groups is 2. The summed E-state index contributed by atoms with van der Waals surface area (Å²) in [7, 11) is 0. The first-order chi connectivity index (χ1) is 16.2. The van der Waals surface area contributed by atoms with Crippen molar-refractivity contribution in [3.05, 3.63) is 47.5 Å². The molecule has 0 aromatic heterocycles. The highest BCUT2D eigenvalue weighted by molar-refractivity contribution is 6.23. The number of nitrogens with one attached hydrogen (secondary N) is 1. The third-order valence-electron chi connectivity index (χ3n) is 6.34. The molecule has 1 aromatic carbocycles. The van der Waals surface area contributed by atoms with Crippen molar-refractivity contribution in [2.24, 2.45) is 0 Å². The molecule has 0 saturated carbocycles. The topological polar surface area (TPSA) is 75.6 Å². The molecule has 0 amide bonds. The van der Waals surface area contributed by atoms with E-state index in [1.807, 2.05) is 18.2 Å². The van der Waals surface area contributed by atoms with Gasteiger partial charge in [-0.3, -0.25) is 4.79 Å². The van der Waals surface area contributed by atoms with Crippen LogP contribution in [0, 0.1) is 0 Å². The minimum Gasteiger partial charge on any atom is -0.448 e. The number of unbranched alkanes of at least 4 members (excludes halogenated alkanes) is 11. The average molecular weight is 458 g/mol. The summed E-state index contributed by atoms with van der Waals surface area (Å²) in [6, 6.07) is 10.0. The van der Waals surface area contributed by atoms with Crippen LogP contribution >= 0.6 is 0 Å². The number of benzene rings is 1. The van der Waals surface area contributed by atoms with Crippen LogP contribution in [0.1, 0.15) is 96.0 Å². The fraction of sp³-hybridized carbons (Fsp3) is 0.643. The van der Waals surface area contributed by atoms with Crippen molar-refractivity contribution in [2.45, 2.75) is 109 Å². The van der Waals surface area contributed by atoms with E-state index in [4.69, 9.17) is 4.74 Å². The molecule has 0 aliphatic carbocycles. The van der Waals surface area contributed by atoms with Crippen molar-refractivity contribution in [3.63, 3.8) is 0 Å². The van der Waals surface area contributed by atoms with Gasteiger partial charge in [0.2, 0.25) is 5.78 Å². The van der Waals surface area contributed by atoms with Crippen LogP contribution in [-0.4, -0.2) is 35.6 Å². The number of hydrogen-bond donors (Lipinski definition) is 2. The average Bonchev–Trinajstić information content (AvgIpc) is 3.11. The molecule has 0 radical (unpaired) electrons. The van der Waals surface area contributed by atoms with Gasteiger partial charge in [-0.05, 0) is 18.1 Å². The third kappa shape index (κ3) is 10.7. The summed E-state index contributed by atoms with van der Waals surface area (Å²) in [5.74, 6) is -1.04. The molecule has 1 aliphatic heterocycles. The van der Waals surface area contributed by atoms with Gasteiger partial charge in [0.05, 0.1) is 6.61 Å². The molecule has 33 heavy (non-hydrogen) atoms. The number of aliphatic hydroxyl groups is 1. The van der Waals surface area contributed by atoms with Crippen molar-refractivity contribution in [1.29, 1.82) is 0 Å². The molecule has 1 heterocycles. The molecule has 2 rings (SSSR count). The summed E-state index contributed by atoms with van der Waals surface area (Å²) in [4.78, 5) is 24.4. The molecule has 2 unspecified atom stereocenters. The Labute approximate surface area is 200 Å². The SMILES string of the molecule is CCCCCCCCCCCCCCC(/C=C1/C(=O)OC(CO)C1=O)NCc1ccccc1. The number of cyclic esters (lactones) is 1. The number of carbonyl (C=O) groups excluding carboxylic acids is 2. The second-order valence-electron chi connectivity index (χ2n) is 9.17. The number of ketones is 1. The first kappa shape index (κ1) is 27.3. The van der Waals surface area contributed by atoms with Crippen LogP contribution in [0.2, 0.25) is 0 Å². The fourth-order valence-corrected chi connectivity index (χ4v) is 4.29. The van der Waals surface area contributed by atoms with E-state index in [0.717, 1.165) is 24.8 Å². The summed E-state index contributed by atoms with van der Waals surface area (Å²) >= 11 is 0. The zero-order valence-corrected chi connectivity index (χ0v) is 20.4. The predicted octanol–water partition coefficient (Wildman–Crippen LogP) is 5.65. The molecule has 1 aromatic rings. The number of esters is 1.